The fourth-order valence-corrected chi connectivity index (χ4v) is 3.84. The maximum Gasteiger partial charge on any atom is 0.246 e. The Hall–Kier alpha value is -2.48. The van der Waals surface area contributed by atoms with Gasteiger partial charge in [-0.05, 0) is 31.2 Å². The van der Waals surface area contributed by atoms with E-state index in [0.717, 1.165) is 16.4 Å². The second kappa shape index (κ2) is 8.04. The Balaban J connectivity index is 1.78. The molecule has 1 aromatic carbocycles. The second-order valence-corrected chi connectivity index (χ2v) is 7.85. The molecular formula is C19H23FN4O2S. The highest BCUT2D eigenvalue weighted by Crippen LogP contribution is 2.21. The van der Waals surface area contributed by atoms with E-state index in [1.807, 2.05) is 17.2 Å². The van der Waals surface area contributed by atoms with Crippen LogP contribution in [-0.4, -0.2) is 66.4 Å². The van der Waals surface area contributed by atoms with E-state index in [4.69, 9.17) is 0 Å². The molecule has 1 aliphatic rings. The van der Waals surface area contributed by atoms with Crippen molar-refractivity contribution in [1.82, 2.24) is 14.8 Å². The Morgan fingerprint density at radius 3 is 2.56 bits per heavy atom. The van der Waals surface area contributed by atoms with E-state index in [9.17, 15) is 14.0 Å². The first-order chi connectivity index (χ1) is 12.8. The Bertz CT molecular complexity index is 821. The molecule has 0 spiro atoms. The first-order valence-corrected chi connectivity index (χ1v) is 9.65. The molecule has 2 amide bonds. The van der Waals surface area contributed by atoms with Gasteiger partial charge in [0, 0.05) is 44.8 Å². The lowest BCUT2D eigenvalue weighted by atomic mass is 10.1. The smallest absolute Gasteiger partial charge is 0.246 e. The Morgan fingerprint density at radius 2 is 1.96 bits per heavy atom. The van der Waals surface area contributed by atoms with Gasteiger partial charge < -0.3 is 14.7 Å². The number of hydrogen-bond acceptors (Lipinski definition) is 5. The fraction of sp³-hybridized carbons (Fsp3) is 0.421. The molecule has 0 radical (unpaired) electrons. The first kappa shape index (κ1) is 19.3. The molecule has 1 aromatic heterocycles. The van der Waals surface area contributed by atoms with Gasteiger partial charge in [-0.3, -0.25) is 9.59 Å². The molecule has 2 aromatic rings. The third-order valence-corrected chi connectivity index (χ3v) is 5.44. The summed E-state index contributed by atoms with van der Waals surface area (Å²) in [7, 11) is 3.37. The SMILES string of the molecule is Cc1nc(CC(=O)N2CCN(c3ccc(F)cc3)CC2C(=O)N(C)C)cs1. The lowest BCUT2D eigenvalue weighted by Crippen LogP contribution is -2.60. The molecule has 2 heterocycles. The predicted molar refractivity (Wildman–Crippen MR) is 103 cm³/mol. The van der Waals surface area contributed by atoms with Gasteiger partial charge in [0.1, 0.15) is 11.9 Å². The molecule has 0 bridgehead atoms. The van der Waals surface area contributed by atoms with Crippen LogP contribution in [0.1, 0.15) is 10.7 Å². The zero-order valence-electron chi connectivity index (χ0n) is 15.7. The minimum Gasteiger partial charge on any atom is -0.367 e. The molecule has 0 N–H and O–H groups in total. The summed E-state index contributed by atoms with van der Waals surface area (Å²) >= 11 is 1.51. The number of anilines is 1. The maximum absolute atomic E-state index is 13.2. The van der Waals surface area contributed by atoms with Gasteiger partial charge >= 0.3 is 0 Å². The van der Waals surface area contributed by atoms with Gasteiger partial charge in [-0.2, -0.15) is 0 Å². The van der Waals surface area contributed by atoms with Crippen molar-refractivity contribution in [2.75, 3.05) is 38.6 Å². The summed E-state index contributed by atoms with van der Waals surface area (Å²) in [6, 6.07) is 5.62. The molecule has 6 nitrogen and oxygen atoms in total. The van der Waals surface area contributed by atoms with Gasteiger partial charge in [-0.1, -0.05) is 0 Å². The molecule has 1 fully saturated rings. The Kier molecular flexibility index (Phi) is 5.74. The topological polar surface area (TPSA) is 56.8 Å². The maximum atomic E-state index is 13.2. The number of aromatic nitrogens is 1. The van der Waals surface area contributed by atoms with Crippen LogP contribution in [0.4, 0.5) is 10.1 Å². The highest BCUT2D eigenvalue weighted by atomic mass is 32.1. The predicted octanol–water partition coefficient (Wildman–Crippen LogP) is 1.94. The summed E-state index contributed by atoms with van der Waals surface area (Å²) in [5.74, 6) is -0.518. The van der Waals surface area contributed by atoms with Crippen molar-refractivity contribution in [1.29, 1.82) is 0 Å². The average molecular weight is 390 g/mol. The van der Waals surface area contributed by atoms with Crippen molar-refractivity contribution in [3.63, 3.8) is 0 Å². The summed E-state index contributed by atoms with van der Waals surface area (Å²) in [6.07, 6.45) is 0.193. The number of likely N-dealkylation sites (N-methyl/N-ethyl adjacent to an activating group) is 1. The van der Waals surface area contributed by atoms with E-state index in [1.165, 1.54) is 28.4 Å². The fourth-order valence-electron chi connectivity index (χ4n) is 3.22. The summed E-state index contributed by atoms with van der Waals surface area (Å²) < 4.78 is 13.2. The highest BCUT2D eigenvalue weighted by Gasteiger charge is 2.36. The zero-order valence-corrected chi connectivity index (χ0v) is 16.5. The van der Waals surface area contributed by atoms with Crippen molar-refractivity contribution in [3.05, 3.63) is 46.2 Å². The van der Waals surface area contributed by atoms with Gasteiger partial charge in [0.05, 0.1) is 17.1 Å². The monoisotopic (exact) mass is 390 g/mol. The second-order valence-electron chi connectivity index (χ2n) is 6.79. The van der Waals surface area contributed by atoms with Crippen LogP contribution in [0.15, 0.2) is 29.6 Å². The van der Waals surface area contributed by atoms with Crippen molar-refractivity contribution in [2.24, 2.45) is 0 Å². The lowest BCUT2D eigenvalue weighted by Gasteiger charge is -2.42. The minimum absolute atomic E-state index is 0.0979. The van der Waals surface area contributed by atoms with Crippen LogP contribution < -0.4 is 4.90 Å². The molecular weight excluding hydrogens is 367 g/mol. The van der Waals surface area contributed by atoms with Crippen molar-refractivity contribution < 1.29 is 14.0 Å². The number of carbonyl (C=O) groups is 2. The molecule has 1 unspecified atom stereocenters. The van der Waals surface area contributed by atoms with Crippen LogP contribution in [0, 0.1) is 12.7 Å². The molecule has 0 aliphatic carbocycles. The number of piperazine rings is 1. The lowest BCUT2D eigenvalue weighted by molar-refractivity contribution is -0.144. The van der Waals surface area contributed by atoms with E-state index >= 15 is 0 Å². The molecule has 144 valence electrons. The van der Waals surface area contributed by atoms with Crippen molar-refractivity contribution in [2.45, 2.75) is 19.4 Å². The van der Waals surface area contributed by atoms with Crippen LogP contribution in [0.25, 0.3) is 0 Å². The minimum atomic E-state index is -0.578. The molecule has 1 atom stereocenters. The van der Waals surface area contributed by atoms with Crippen LogP contribution in [-0.2, 0) is 16.0 Å². The number of benzene rings is 1. The van der Waals surface area contributed by atoms with E-state index in [0.29, 0.717) is 19.6 Å². The van der Waals surface area contributed by atoms with Crippen LogP contribution in [0.3, 0.4) is 0 Å². The zero-order chi connectivity index (χ0) is 19.6. The molecule has 1 aliphatic heterocycles. The number of halogens is 1. The number of hydrogen-bond donors (Lipinski definition) is 0. The highest BCUT2D eigenvalue weighted by molar-refractivity contribution is 7.09. The number of aryl methyl sites for hydroxylation is 1. The van der Waals surface area contributed by atoms with E-state index < -0.39 is 6.04 Å². The Labute approximate surface area is 162 Å². The number of rotatable bonds is 4. The van der Waals surface area contributed by atoms with Crippen LogP contribution >= 0.6 is 11.3 Å². The molecule has 27 heavy (non-hydrogen) atoms. The average Bonchev–Trinajstić information content (AvgIpc) is 3.05. The molecule has 3 rings (SSSR count). The standard InChI is InChI=1S/C19H23FN4O2S/c1-13-21-15(12-27-13)10-18(25)24-9-8-23(11-17(24)19(26)22(2)3)16-6-4-14(20)5-7-16/h4-7,12,17H,8-11H2,1-3H3. The van der Waals surface area contributed by atoms with E-state index in [-0.39, 0.29) is 24.1 Å². The number of nitrogens with zero attached hydrogens (tertiary/aromatic N) is 4. The number of amides is 2. The van der Waals surface area contributed by atoms with Crippen LogP contribution in [0.2, 0.25) is 0 Å². The van der Waals surface area contributed by atoms with E-state index in [1.54, 1.807) is 31.1 Å². The van der Waals surface area contributed by atoms with E-state index in [2.05, 4.69) is 4.98 Å². The molecule has 1 saturated heterocycles. The summed E-state index contributed by atoms with van der Waals surface area (Å²) in [6.45, 7) is 3.30. The Morgan fingerprint density at radius 1 is 1.26 bits per heavy atom. The largest absolute Gasteiger partial charge is 0.367 e. The third-order valence-electron chi connectivity index (χ3n) is 4.62. The van der Waals surface area contributed by atoms with Gasteiger partial charge in [0.2, 0.25) is 11.8 Å². The number of carbonyl (C=O) groups excluding carboxylic acids is 2. The summed E-state index contributed by atoms with van der Waals surface area (Å²) in [5.41, 5.74) is 1.58. The number of thiazole rings is 1. The first-order valence-electron chi connectivity index (χ1n) is 8.77. The molecule has 8 heteroatoms. The third kappa shape index (κ3) is 4.44. The van der Waals surface area contributed by atoms with Crippen molar-refractivity contribution >= 4 is 28.8 Å². The van der Waals surface area contributed by atoms with Gasteiger partial charge in [0.25, 0.3) is 0 Å². The van der Waals surface area contributed by atoms with Gasteiger partial charge in [-0.25, -0.2) is 9.37 Å². The van der Waals surface area contributed by atoms with Crippen molar-refractivity contribution in [3.8, 4) is 0 Å². The quantitative estimate of drug-likeness (QED) is 0.801. The summed E-state index contributed by atoms with van der Waals surface area (Å²) in [4.78, 5) is 35.1. The van der Waals surface area contributed by atoms with Gasteiger partial charge in [-0.15, -0.1) is 11.3 Å². The van der Waals surface area contributed by atoms with Gasteiger partial charge in [0.15, 0.2) is 0 Å². The molecule has 0 saturated carbocycles. The van der Waals surface area contributed by atoms with Crippen LogP contribution in [0.5, 0.6) is 0 Å². The summed E-state index contributed by atoms with van der Waals surface area (Å²) in [5, 5.41) is 2.80. The normalized spacial score (nSPS) is 17.1.